The molecule has 3 heterocycles. The summed E-state index contributed by atoms with van der Waals surface area (Å²) >= 11 is 2.65. The predicted molar refractivity (Wildman–Crippen MR) is 155 cm³/mol. The van der Waals surface area contributed by atoms with E-state index in [-0.39, 0.29) is 22.0 Å². The van der Waals surface area contributed by atoms with E-state index in [1.54, 1.807) is 12.1 Å². The van der Waals surface area contributed by atoms with E-state index in [0.717, 1.165) is 22.4 Å². The minimum absolute atomic E-state index is 0.0184. The minimum atomic E-state index is -1.02. The van der Waals surface area contributed by atoms with Gasteiger partial charge in [0.2, 0.25) is 5.13 Å². The zero-order chi connectivity index (χ0) is 28.5. The summed E-state index contributed by atoms with van der Waals surface area (Å²) in [6.45, 7) is 0. The van der Waals surface area contributed by atoms with Crippen molar-refractivity contribution in [1.82, 2.24) is 15.2 Å². The first kappa shape index (κ1) is 26.6. The van der Waals surface area contributed by atoms with Crippen LogP contribution in [0, 0.1) is 5.82 Å². The largest absolute Gasteiger partial charge is 0.507 e. The fraction of sp³-hybridized carbons (Fsp3) is 0.100. The van der Waals surface area contributed by atoms with Gasteiger partial charge in [-0.05, 0) is 52.2 Å². The molecule has 0 saturated carbocycles. The van der Waals surface area contributed by atoms with Gasteiger partial charge >= 0.3 is 5.91 Å². The third-order valence-corrected chi connectivity index (χ3v) is 8.83. The van der Waals surface area contributed by atoms with Gasteiger partial charge in [0.1, 0.15) is 5.76 Å². The Morgan fingerprint density at radius 3 is 2.61 bits per heavy atom. The van der Waals surface area contributed by atoms with Crippen molar-refractivity contribution >= 4 is 56.5 Å². The van der Waals surface area contributed by atoms with Crippen LogP contribution in [-0.2, 0) is 15.3 Å². The lowest BCUT2D eigenvalue weighted by atomic mass is 9.96. The second-order valence-electron chi connectivity index (χ2n) is 9.08. The quantitative estimate of drug-likeness (QED) is 0.0798. The highest BCUT2D eigenvalue weighted by Gasteiger charge is 2.48. The highest BCUT2D eigenvalue weighted by Crippen LogP contribution is 2.44. The summed E-state index contributed by atoms with van der Waals surface area (Å²) in [5.74, 6) is -2.40. The number of methoxy groups -OCH3 is 1. The van der Waals surface area contributed by atoms with Gasteiger partial charge in [0.15, 0.2) is 15.9 Å². The highest BCUT2D eigenvalue weighted by molar-refractivity contribution is 8.00. The average Bonchev–Trinajstić information content (AvgIpc) is 3.57. The van der Waals surface area contributed by atoms with Gasteiger partial charge in [0, 0.05) is 23.7 Å². The Bertz CT molecular complexity index is 1820. The van der Waals surface area contributed by atoms with Gasteiger partial charge in [0.25, 0.3) is 5.78 Å². The molecule has 0 radical (unpaired) electrons. The van der Waals surface area contributed by atoms with Gasteiger partial charge in [-0.1, -0.05) is 65.6 Å². The number of pyridine rings is 1. The maximum atomic E-state index is 14.5. The summed E-state index contributed by atoms with van der Waals surface area (Å²) in [6.07, 6.45) is 3.04. The molecule has 1 fully saturated rings. The van der Waals surface area contributed by atoms with Crippen LogP contribution in [0.25, 0.3) is 16.5 Å². The number of ketones is 1. The topological polar surface area (TPSA) is 106 Å². The number of hydrogen-bond donors (Lipinski definition) is 1. The number of thioether (sulfide) groups is 1. The van der Waals surface area contributed by atoms with Crippen LogP contribution in [0.1, 0.15) is 22.7 Å². The Kier molecular flexibility index (Phi) is 7.21. The van der Waals surface area contributed by atoms with E-state index in [1.165, 1.54) is 59.6 Å². The van der Waals surface area contributed by atoms with Crippen molar-refractivity contribution in [2.24, 2.45) is 0 Å². The van der Waals surface area contributed by atoms with E-state index in [4.69, 9.17) is 4.74 Å². The third-order valence-electron chi connectivity index (χ3n) is 6.72. The van der Waals surface area contributed by atoms with E-state index in [1.807, 2.05) is 18.2 Å². The van der Waals surface area contributed by atoms with Gasteiger partial charge in [-0.15, -0.1) is 10.2 Å². The number of aliphatic hydroxyl groups excluding tert-OH is 1. The van der Waals surface area contributed by atoms with E-state index >= 15 is 0 Å². The third kappa shape index (κ3) is 4.94. The molecule has 0 aliphatic carbocycles. The van der Waals surface area contributed by atoms with Gasteiger partial charge in [-0.3, -0.25) is 19.5 Å². The lowest BCUT2D eigenvalue weighted by molar-refractivity contribution is -0.132. The molecule has 0 bridgehead atoms. The maximum Gasteiger partial charge on any atom is 0.301 e. The zero-order valence-corrected chi connectivity index (χ0v) is 23.2. The summed E-state index contributed by atoms with van der Waals surface area (Å²) in [7, 11) is 1.32. The molecular weight excluding hydrogens is 563 g/mol. The van der Waals surface area contributed by atoms with Crippen molar-refractivity contribution < 1.29 is 23.8 Å². The number of amides is 1. The van der Waals surface area contributed by atoms with Crippen molar-refractivity contribution in [3.05, 3.63) is 113 Å². The summed E-state index contributed by atoms with van der Waals surface area (Å²) in [5, 5.41) is 22.2. The van der Waals surface area contributed by atoms with Crippen LogP contribution in [-0.4, -0.2) is 39.1 Å². The molecule has 1 aliphatic rings. The molecule has 8 nitrogen and oxygen atoms in total. The molecule has 1 N–H and O–H groups in total. The Balaban J connectivity index is 1.36. The number of hydrogen-bond acceptors (Lipinski definition) is 9. The van der Waals surface area contributed by atoms with Crippen molar-refractivity contribution in [2.45, 2.75) is 16.1 Å². The average molecular weight is 585 g/mol. The molecule has 1 aliphatic heterocycles. The fourth-order valence-electron chi connectivity index (χ4n) is 4.78. The molecule has 1 saturated heterocycles. The van der Waals surface area contributed by atoms with Crippen molar-refractivity contribution in [3.8, 4) is 5.75 Å². The van der Waals surface area contributed by atoms with Gasteiger partial charge in [-0.25, -0.2) is 4.39 Å². The van der Waals surface area contributed by atoms with Crippen molar-refractivity contribution in [2.75, 3.05) is 12.0 Å². The van der Waals surface area contributed by atoms with Crippen molar-refractivity contribution in [1.29, 1.82) is 0 Å². The molecule has 2 aromatic heterocycles. The normalized spacial score (nSPS) is 16.4. The van der Waals surface area contributed by atoms with Crippen LogP contribution >= 0.6 is 23.1 Å². The van der Waals surface area contributed by atoms with Crippen LogP contribution < -0.4 is 9.64 Å². The monoisotopic (exact) mass is 584 g/mol. The van der Waals surface area contributed by atoms with Crippen molar-refractivity contribution in [3.63, 3.8) is 0 Å². The number of aromatic nitrogens is 3. The summed E-state index contributed by atoms with van der Waals surface area (Å²) in [5.41, 5.74) is 1.50. The van der Waals surface area contributed by atoms with Crippen LogP contribution in [0.15, 0.2) is 95.1 Å². The molecule has 6 rings (SSSR count). The van der Waals surface area contributed by atoms with Crippen LogP contribution in [0.3, 0.4) is 0 Å². The van der Waals surface area contributed by atoms with Gasteiger partial charge in [0.05, 0.1) is 18.7 Å². The Morgan fingerprint density at radius 1 is 1.05 bits per heavy atom. The summed E-state index contributed by atoms with van der Waals surface area (Å²) in [4.78, 5) is 32.0. The Labute approximate surface area is 242 Å². The molecule has 0 spiro atoms. The standard InChI is InChI=1S/C30H21FN4O4S2/c1-39-23-10-9-19(15-22(23)31)26(36)24-25(18-11-13-32-14-12-18)35(28(38)27(24)37)29-33-34-30(41-29)40-16-20-7-4-6-17-5-2-3-8-21(17)20/h2-15,25,36H,16H2,1H3/t25-/m0/s1. The zero-order valence-electron chi connectivity index (χ0n) is 21.5. The molecule has 5 aromatic rings. The molecule has 204 valence electrons. The van der Waals surface area contributed by atoms with Gasteiger partial charge in [-0.2, -0.15) is 0 Å². The Hall–Kier alpha value is -4.61. The number of halogens is 1. The number of carbonyl (C=O) groups is 2. The van der Waals surface area contributed by atoms with E-state index < -0.39 is 29.3 Å². The van der Waals surface area contributed by atoms with E-state index in [9.17, 15) is 19.1 Å². The number of Topliss-reactive ketones (excluding diaryl/α,β-unsaturated/α-hetero) is 1. The van der Waals surface area contributed by atoms with Crippen LogP contribution in [0.4, 0.5) is 9.52 Å². The minimum Gasteiger partial charge on any atom is -0.507 e. The smallest absolute Gasteiger partial charge is 0.301 e. The van der Waals surface area contributed by atoms with Gasteiger partial charge < -0.3 is 9.84 Å². The number of ether oxygens (including phenoxy) is 1. The second-order valence-corrected chi connectivity index (χ2v) is 11.3. The molecule has 11 heteroatoms. The molecule has 0 unspecified atom stereocenters. The predicted octanol–water partition coefficient (Wildman–Crippen LogP) is 6.15. The number of carbonyl (C=O) groups excluding carboxylic acids is 2. The molecular formula is C30H21FN4O4S2. The molecule has 3 aromatic carbocycles. The molecule has 1 atom stereocenters. The maximum absolute atomic E-state index is 14.5. The van der Waals surface area contributed by atoms with E-state index in [0.29, 0.717) is 15.7 Å². The molecule has 1 amide bonds. The van der Waals surface area contributed by atoms with Crippen LogP contribution in [0.5, 0.6) is 5.75 Å². The number of rotatable bonds is 7. The highest BCUT2D eigenvalue weighted by atomic mass is 32.2. The first-order valence-electron chi connectivity index (χ1n) is 12.4. The summed E-state index contributed by atoms with van der Waals surface area (Å²) in [6, 6.07) is 20.3. The first-order valence-corrected chi connectivity index (χ1v) is 14.2. The number of anilines is 1. The number of nitrogens with zero attached hydrogens (tertiary/aromatic N) is 4. The van der Waals surface area contributed by atoms with E-state index in [2.05, 4.69) is 39.4 Å². The number of fused-ring (bicyclic) bond motifs is 1. The SMILES string of the molecule is COc1ccc(C(O)=C2C(=O)C(=O)N(c3nnc(SCc4cccc5ccccc45)s3)[C@H]2c2ccncc2)cc1F. The number of aliphatic hydroxyl groups is 1. The first-order chi connectivity index (χ1) is 20.0. The lowest BCUT2D eigenvalue weighted by Crippen LogP contribution is -2.29. The van der Waals surface area contributed by atoms with Crippen LogP contribution in [0.2, 0.25) is 0 Å². The molecule has 41 heavy (non-hydrogen) atoms. The summed E-state index contributed by atoms with van der Waals surface area (Å²) < 4.78 is 20.0. The number of benzene rings is 3. The lowest BCUT2D eigenvalue weighted by Gasteiger charge is -2.22. The fourth-order valence-corrected chi connectivity index (χ4v) is 6.65. The second kappa shape index (κ2) is 11.1. The Morgan fingerprint density at radius 2 is 1.83 bits per heavy atom.